The Morgan fingerprint density at radius 3 is 2.50 bits per heavy atom. The van der Waals surface area contributed by atoms with Crippen LogP contribution >= 0.6 is 0 Å². The minimum atomic E-state index is -0.127. The summed E-state index contributed by atoms with van der Waals surface area (Å²) < 4.78 is 1.64. The molecule has 146 valence electrons. The summed E-state index contributed by atoms with van der Waals surface area (Å²) in [7, 11) is 0. The van der Waals surface area contributed by atoms with Gasteiger partial charge in [-0.2, -0.15) is 5.26 Å². The van der Waals surface area contributed by atoms with Crippen LogP contribution in [0, 0.1) is 18.3 Å². The first-order valence-corrected chi connectivity index (χ1v) is 9.44. The van der Waals surface area contributed by atoms with Gasteiger partial charge in [0.25, 0.3) is 5.56 Å². The molecule has 0 radical (unpaired) electrons. The summed E-state index contributed by atoms with van der Waals surface area (Å²) in [5, 5.41) is 9.29. The quantitative estimate of drug-likeness (QED) is 0.569. The lowest BCUT2D eigenvalue weighted by molar-refractivity contribution is 0.760. The smallest absolute Gasteiger partial charge is 0.251 e. The highest BCUT2D eigenvalue weighted by molar-refractivity contribution is 5.72. The first-order valence-electron chi connectivity index (χ1n) is 9.44. The van der Waals surface area contributed by atoms with Crippen LogP contribution in [0.3, 0.4) is 0 Å². The zero-order valence-corrected chi connectivity index (χ0v) is 16.4. The van der Waals surface area contributed by atoms with Crippen molar-refractivity contribution in [2.75, 3.05) is 5.73 Å². The van der Waals surface area contributed by atoms with Crippen molar-refractivity contribution < 1.29 is 0 Å². The molecular formula is C24H19N5O. The van der Waals surface area contributed by atoms with E-state index in [1.165, 1.54) is 0 Å². The van der Waals surface area contributed by atoms with Crippen LogP contribution in [0.15, 0.2) is 77.7 Å². The molecule has 0 aliphatic heterocycles. The van der Waals surface area contributed by atoms with Crippen molar-refractivity contribution in [3.05, 3.63) is 100.0 Å². The first-order chi connectivity index (χ1) is 14.5. The molecule has 0 aliphatic rings. The van der Waals surface area contributed by atoms with Crippen molar-refractivity contribution in [2.24, 2.45) is 0 Å². The average molecular weight is 393 g/mol. The molecule has 2 aromatic heterocycles. The van der Waals surface area contributed by atoms with Gasteiger partial charge >= 0.3 is 0 Å². The number of hydrogen-bond acceptors (Lipinski definition) is 5. The lowest BCUT2D eigenvalue weighted by Gasteiger charge is -2.10. The van der Waals surface area contributed by atoms with Crippen molar-refractivity contribution in [1.29, 1.82) is 5.26 Å². The van der Waals surface area contributed by atoms with Crippen LogP contribution in [0.2, 0.25) is 0 Å². The highest BCUT2D eigenvalue weighted by atomic mass is 16.1. The van der Waals surface area contributed by atoms with Crippen LogP contribution in [-0.2, 0) is 6.54 Å². The van der Waals surface area contributed by atoms with Crippen LogP contribution in [0.25, 0.3) is 22.5 Å². The number of nitrogens with two attached hydrogens (primary N) is 1. The van der Waals surface area contributed by atoms with Crippen LogP contribution in [0.4, 0.5) is 5.95 Å². The third-order valence-electron chi connectivity index (χ3n) is 4.96. The first kappa shape index (κ1) is 19.1. The fourth-order valence-electron chi connectivity index (χ4n) is 3.36. The van der Waals surface area contributed by atoms with Gasteiger partial charge < -0.3 is 10.3 Å². The lowest BCUT2D eigenvalue weighted by atomic mass is 9.99. The molecule has 2 N–H and O–H groups in total. The maximum atomic E-state index is 12.6. The van der Waals surface area contributed by atoms with Gasteiger partial charge in [0.15, 0.2) is 0 Å². The SMILES string of the molecule is Cc1c(C#N)cccc1-c1cc(-c2ccn(Cc3ccccc3)c(=O)c2)nc(N)n1. The fourth-order valence-corrected chi connectivity index (χ4v) is 3.36. The third kappa shape index (κ3) is 3.82. The van der Waals surface area contributed by atoms with Gasteiger partial charge in [0.2, 0.25) is 5.95 Å². The predicted molar refractivity (Wildman–Crippen MR) is 117 cm³/mol. The molecule has 2 heterocycles. The van der Waals surface area contributed by atoms with Crippen molar-refractivity contribution in [3.8, 4) is 28.6 Å². The highest BCUT2D eigenvalue weighted by Gasteiger charge is 2.12. The van der Waals surface area contributed by atoms with Crippen LogP contribution in [0.1, 0.15) is 16.7 Å². The number of aromatic nitrogens is 3. The van der Waals surface area contributed by atoms with E-state index < -0.39 is 0 Å². The molecule has 0 atom stereocenters. The fraction of sp³-hybridized carbons (Fsp3) is 0.0833. The molecule has 0 unspecified atom stereocenters. The number of rotatable bonds is 4. The van der Waals surface area contributed by atoms with Crippen LogP contribution < -0.4 is 11.3 Å². The van der Waals surface area contributed by atoms with E-state index >= 15 is 0 Å². The van der Waals surface area contributed by atoms with Crippen LogP contribution in [0.5, 0.6) is 0 Å². The molecule has 30 heavy (non-hydrogen) atoms. The zero-order chi connectivity index (χ0) is 21.1. The minimum Gasteiger partial charge on any atom is -0.368 e. The Labute approximate surface area is 173 Å². The van der Waals surface area contributed by atoms with E-state index in [4.69, 9.17) is 5.73 Å². The normalized spacial score (nSPS) is 10.5. The molecule has 6 nitrogen and oxygen atoms in total. The van der Waals surface area contributed by atoms with E-state index in [0.29, 0.717) is 29.1 Å². The van der Waals surface area contributed by atoms with E-state index in [1.54, 1.807) is 29.0 Å². The van der Waals surface area contributed by atoms with Crippen molar-refractivity contribution in [3.63, 3.8) is 0 Å². The number of nitrogens with zero attached hydrogens (tertiary/aromatic N) is 4. The van der Waals surface area contributed by atoms with Gasteiger partial charge in [-0.1, -0.05) is 42.5 Å². The van der Waals surface area contributed by atoms with E-state index in [2.05, 4.69) is 16.0 Å². The van der Waals surface area contributed by atoms with Crippen molar-refractivity contribution in [1.82, 2.24) is 14.5 Å². The Bertz CT molecular complexity index is 1320. The number of nitrogen functional groups attached to an aromatic ring is 1. The molecule has 4 aromatic rings. The summed E-state index contributed by atoms with van der Waals surface area (Å²) in [6.07, 6.45) is 1.75. The molecule has 0 fully saturated rings. The number of benzene rings is 2. The number of nitriles is 1. The second kappa shape index (κ2) is 8.02. The van der Waals surface area contributed by atoms with Crippen molar-refractivity contribution in [2.45, 2.75) is 13.5 Å². The summed E-state index contributed by atoms with van der Waals surface area (Å²) in [4.78, 5) is 21.3. The molecule has 0 saturated carbocycles. The van der Waals surface area contributed by atoms with Gasteiger partial charge in [0, 0.05) is 23.4 Å². The van der Waals surface area contributed by atoms with Gasteiger partial charge in [-0.15, -0.1) is 0 Å². The summed E-state index contributed by atoms with van der Waals surface area (Å²) in [6, 6.07) is 22.6. The summed E-state index contributed by atoms with van der Waals surface area (Å²) in [5.74, 6) is 0.109. The number of anilines is 1. The molecule has 0 amide bonds. The maximum absolute atomic E-state index is 12.6. The van der Waals surface area contributed by atoms with E-state index in [0.717, 1.165) is 16.7 Å². The summed E-state index contributed by atoms with van der Waals surface area (Å²) in [6.45, 7) is 2.37. The van der Waals surface area contributed by atoms with E-state index in [1.807, 2.05) is 55.5 Å². The Morgan fingerprint density at radius 1 is 1.00 bits per heavy atom. The minimum absolute atomic E-state index is 0.109. The molecule has 4 rings (SSSR count). The lowest BCUT2D eigenvalue weighted by Crippen LogP contribution is -2.19. The average Bonchev–Trinajstić information content (AvgIpc) is 2.75. The Balaban J connectivity index is 1.73. The van der Waals surface area contributed by atoms with E-state index in [-0.39, 0.29) is 11.5 Å². The molecular weight excluding hydrogens is 374 g/mol. The largest absolute Gasteiger partial charge is 0.368 e. The zero-order valence-electron chi connectivity index (χ0n) is 16.4. The number of hydrogen-bond donors (Lipinski definition) is 1. The van der Waals surface area contributed by atoms with Crippen LogP contribution in [-0.4, -0.2) is 14.5 Å². The molecule has 0 aliphatic carbocycles. The number of pyridine rings is 1. The maximum Gasteiger partial charge on any atom is 0.251 e. The summed E-state index contributed by atoms with van der Waals surface area (Å²) >= 11 is 0. The Morgan fingerprint density at radius 2 is 1.77 bits per heavy atom. The van der Waals surface area contributed by atoms with Gasteiger partial charge in [0.05, 0.1) is 29.6 Å². The molecule has 0 saturated heterocycles. The van der Waals surface area contributed by atoms with Crippen molar-refractivity contribution >= 4 is 5.95 Å². The van der Waals surface area contributed by atoms with Gasteiger partial charge in [-0.05, 0) is 36.2 Å². The topological polar surface area (TPSA) is 97.6 Å². The second-order valence-corrected chi connectivity index (χ2v) is 6.95. The molecule has 0 spiro atoms. The molecule has 2 aromatic carbocycles. The molecule has 0 bridgehead atoms. The molecule has 6 heteroatoms. The van der Waals surface area contributed by atoms with E-state index in [9.17, 15) is 10.1 Å². The second-order valence-electron chi connectivity index (χ2n) is 6.95. The summed E-state index contributed by atoms with van der Waals surface area (Å²) in [5.41, 5.74) is 10.9. The predicted octanol–water partition coefficient (Wildman–Crippen LogP) is 3.78. The van der Waals surface area contributed by atoms with Gasteiger partial charge in [-0.3, -0.25) is 4.79 Å². The Kier molecular flexibility index (Phi) is 5.10. The monoisotopic (exact) mass is 393 g/mol. The third-order valence-corrected chi connectivity index (χ3v) is 4.96. The Hall–Kier alpha value is -4.24. The van der Waals surface area contributed by atoms with Gasteiger partial charge in [-0.25, -0.2) is 9.97 Å². The standard InChI is InChI=1S/C24H19N5O/c1-16-19(14-25)8-5-9-20(16)22-13-21(27-24(26)28-22)18-10-11-29(23(30)12-18)15-17-6-3-2-4-7-17/h2-13H,15H2,1H3,(H2,26,27,28). The highest BCUT2D eigenvalue weighted by Crippen LogP contribution is 2.27. The van der Waals surface area contributed by atoms with Gasteiger partial charge in [0.1, 0.15) is 0 Å².